The summed E-state index contributed by atoms with van der Waals surface area (Å²) < 4.78 is 11.3. The van der Waals surface area contributed by atoms with Crippen molar-refractivity contribution < 1.29 is 24.3 Å². The second-order valence-corrected chi connectivity index (χ2v) is 6.28. The van der Waals surface area contributed by atoms with E-state index in [1.165, 1.54) is 0 Å². The Kier molecular flexibility index (Phi) is 5.01. The molecule has 0 radical (unpaired) electrons. The maximum Gasteiger partial charge on any atom is 0.274 e. The Labute approximate surface area is 140 Å². The molecule has 1 aromatic carbocycles. The summed E-state index contributed by atoms with van der Waals surface area (Å²) in [6, 6.07) is 4.87. The highest BCUT2D eigenvalue weighted by Crippen LogP contribution is 2.27. The summed E-state index contributed by atoms with van der Waals surface area (Å²) in [7, 11) is 0. The lowest BCUT2D eigenvalue weighted by Crippen LogP contribution is -2.41. The molecule has 1 aromatic rings. The van der Waals surface area contributed by atoms with Crippen LogP contribution in [0.2, 0.25) is 0 Å². The van der Waals surface area contributed by atoms with Gasteiger partial charge < -0.3 is 14.4 Å². The molecule has 2 aliphatic rings. The van der Waals surface area contributed by atoms with E-state index in [0.29, 0.717) is 30.9 Å². The molecule has 3 rings (SSSR count). The molecule has 24 heavy (non-hydrogen) atoms. The molecular formula is C17H22N2O5. The zero-order chi connectivity index (χ0) is 17.1. The first-order valence-corrected chi connectivity index (χ1v) is 8.19. The summed E-state index contributed by atoms with van der Waals surface area (Å²) in [6.45, 7) is 3.47. The molecule has 0 bridgehead atoms. The van der Waals surface area contributed by atoms with Gasteiger partial charge in [-0.25, -0.2) is 5.48 Å². The number of hydroxylamine groups is 1. The number of amides is 2. The van der Waals surface area contributed by atoms with Crippen molar-refractivity contribution >= 4 is 11.8 Å². The Morgan fingerprint density at radius 3 is 2.96 bits per heavy atom. The molecule has 2 amide bonds. The molecule has 2 aliphatic heterocycles. The zero-order valence-corrected chi connectivity index (χ0v) is 13.7. The van der Waals surface area contributed by atoms with Gasteiger partial charge in [0.05, 0.1) is 18.6 Å². The number of carbonyl (C=O) groups is 2. The normalized spacial score (nSPS) is 23.2. The Morgan fingerprint density at radius 1 is 1.42 bits per heavy atom. The van der Waals surface area contributed by atoms with Crippen molar-refractivity contribution in [2.24, 2.45) is 0 Å². The van der Waals surface area contributed by atoms with Crippen molar-refractivity contribution in [3.8, 4) is 5.75 Å². The lowest BCUT2D eigenvalue weighted by Gasteiger charge is -2.27. The van der Waals surface area contributed by atoms with E-state index in [1.807, 2.05) is 6.92 Å². The van der Waals surface area contributed by atoms with Crippen molar-refractivity contribution in [3.63, 3.8) is 0 Å². The highest BCUT2D eigenvalue weighted by Gasteiger charge is 2.29. The first kappa shape index (κ1) is 16.7. The number of carbonyl (C=O) groups excluding carboxylic acids is 2. The summed E-state index contributed by atoms with van der Waals surface area (Å²) in [4.78, 5) is 26.0. The van der Waals surface area contributed by atoms with Crippen LogP contribution >= 0.6 is 0 Å². The van der Waals surface area contributed by atoms with Crippen LogP contribution in [-0.2, 0) is 16.1 Å². The van der Waals surface area contributed by atoms with Gasteiger partial charge >= 0.3 is 0 Å². The van der Waals surface area contributed by atoms with E-state index in [4.69, 9.17) is 14.7 Å². The van der Waals surface area contributed by atoms with Crippen molar-refractivity contribution in [1.82, 2.24) is 10.4 Å². The molecule has 2 heterocycles. The summed E-state index contributed by atoms with van der Waals surface area (Å²) in [5.74, 6) is 0.0309. The maximum atomic E-state index is 12.6. The zero-order valence-electron chi connectivity index (χ0n) is 13.7. The third-order valence-corrected chi connectivity index (χ3v) is 4.53. The highest BCUT2D eigenvalue weighted by molar-refractivity contribution is 5.93. The molecule has 0 saturated carbocycles. The molecule has 2 N–H and O–H groups in total. The van der Waals surface area contributed by atoms with Gasteiger partial charge in [-0.3, -0.25) is 14.8 Å². The molecule has 2 unspecified atom stereocenters. The van der Waals surface area contributed by atoms with Crippen LogP contribution in [0.15, 0.2) is 18.2 Å². The van der Waals surface area contributed by atoms with Crippen LogP contribution in [0.1, 0.15) is 42.1 Å². The first-order valence-electron chi connectivity index (χ1n) is 8.19. The second-order valence-electron chi connectivity index (χ2n) is 6.28. The molecule has 0 spiro atoms. The third kappa shape index (κ3) is 3.52. The number of rotatable bonds is 3. The topological polar surface area (TPSA) is 88.1 Å². The van der Waals surface area contributed by atoms with Crippen LogP contribution in [0.4, 0.5) is 0 Å². The number of hydrogen-bond acceptors (Lipinski definition) is 5. The average Bonchev–Trinajstić information content (AvgIpc) is 3.03. The van der Waals surface area contributed by atoms with Gasteiger partial charge in [0.2, 0.25) is 5.91 Å². The predicted octanol–water partition coefficient (Wildman–Crippen LogP) is 1.48. The minimum absolute atomic E-state index is 0.0176. The van der Waals surface area contributed by atoms with Crippen LogP contribution in [0, 0.1) is 0 Å². The molecule has 0 aromatic heterocycles. The van der Waals surface area contributed by atoms with Crippen LogP contribution < -0.4 is 10.2 Å². The highest BCUT2D eigenvalue weighted by atomic mass is 16.5. The number of ether oxygens (including phenoxy) is 2. The Bertz CT molecular complexity index is 627. The Morgan fingerprint density at radius 2 is 2.25 bits per heavy atom. The summed E-state index contributed by atoms with van der Waals surface area (Å²) in [5.41, 5.74) is 2.76. The van der Waals surface area contributed by atoms with Gasteiger partial charge in [0.1, 0.15) is 12.4 Å². The van der Waals surface area contributed by atoms with E-state index in [0.717, 1.165) is 25.0 Å². The van der Waals surface area contributed by atoms with Gasteiger partial charge in [0, 0.05) is 24.3 Å². The Balaban J connectivity index is 1.76. The molecule has 7 nitrogen and oxygen atoms in total. The third-order valence-electron chi connectivity index (χ3n) is 4.53. The van der Waals surface area contributed by atoms with Gasteiger partial charge in [0.25, 0.3) is 5.91 Å². The van der Waals surface area contributed by atoms with Crippen molar-refractivity contribution in [2.45, 2.75) is 44.9 Å². The van der Waals surface area contributed by atoms with Gasteiger partial charge in [-0.15, -0.1) is 0 Å². The molecule has 1 saturated heterocycles. The summed E-state index contributed by atoms with van der Waals surface area (Å²) in [5, 5.41) is 8.74. The van der Waals surface area contributed by atoms with E-state index >= 15 is 0 Å². The number of hydrogen-bond donors (Lipinski definition) is 2. The molecule has 0 aliphatic carbocycles. The summed E-state index contributed by atoms with van der Waals surface area (Å²) >= 11 is 0. The largest absolute Gasteiger partial charge is 0.491 e. The fourth-order valence-electron chi connectivity index (χ4n) is 3.12. The average molecular weight is 334 g/mol. The summed E-state index contributed by atoms with van der Waals surface area (Å²) in [6.07, 6.45) is 2.35. The standard InChI is InChI=1S/C17H22N2O5/c1-11-10-24-15-7-12(17(21)18-22)4-5-13(15)9-19(11)16(20)8-14-3-2-6-23-14/h4-5,7,11,14,22H,2-3,6,8-10H2,1H3,(H,18,21). The smallest absolute Gasteiger partial charge is 0.274 e. The number of nitrogens with zero attached hydrogens (tertiary/aromatic N) is 1. The maximum absolute atomic E-state index is 12.6. The quantitative estimate of drug-likeness (QED) is 0.646. The predicted molar refractivity (Wildman–Crippen MR) is 84.8 cm³/mol. The van der Waals surface area contributed by atoms with Gasteiger partial charge in [-0.2, -0.15) is 0 Å². The van der Waals surface area contributed by atoms with Gasteiger partial charge in [-0.1, -0.05) is 6.07 Å². The monoisotopic (exact) mass is 334 g/mol. The van der Waals surface area contributed by atoms with E-state index < -0.39 is 5.91 Å². The van der Waals surface area contributed by atoms with Crippen LogP contribution in [0.3, 0.4) is 0 Å². The fraction of sp³-hybridized carbons (Fsp3) is 0.529. The lowest BCUT2D eigenvalue weighted by atomic mass is 10.1. The number of benzene rings is 1. The lowest BCUT2D eigenvalue weighted by molar-refractivity contribution is -0.136. The Hall–Kier alpha value is -2.12. The molecule has 130 valence electrons. The molecule has 7 heteroatoms. The van der Waals surface area contributed by atoms with Crippen molar-refractivity contribution in [1.29, 1.82) is 0 Å². The first-order chi connectivity index (χ1) is 11.6. The van der Waals surface area contributed by atoms with Crippen LogP contribution in [-0.4, -0.2) is 47.3 Å². The van der Waals surface area contributed by atoms with E-state index in [1.54, 1.807) is 28.6 Å². The fourth-order valence-corrected chi connectivity index (χ4v) is 3.12. The van der Waals surface area contributed by atoms with Gasteiger partial charge in [-0.05, 0) is 31.9 Å². The SMILES string of the molecule is CC1COc2cc(C(=O)NO)ccc2CN1C(=O)CC1CCCO1. The van der Waals surface area contributed by atoms with Crippen molar-refractivity contribution in [2.75, 3.05) is 13.2 Å². The van der Waals surface area contributed by atoms with Crippen LogP contribution in [0.5, 0.6) is 5.75 Å². The van der Waals surface area contributed by atoms with Crippen molar-refractivity contribution in [3.05, 3.63) is 29.3 Å². The number of nitrogens with one attached hydrogen (secondary N) is 1. The van der Waals surface area contributed by atoms with Gasteiger partial charge in [0.15, 0.2) is 0 Å². The van der Waals surface area contributed by atoms with Crippen LogP contribution in [0.25, 0.3) is 0 Å². The minimum Gasteiger partial charge on any atom is -0.491 e. The minimum atomic E-state index is -0.593. The molecular weight excluding hydrogens is 312 g/mol. The number of fused-ring (bicyclic) bond motifs is 1. The second kappa shape index (κ2) is 7.19. The van der Waals surface area contributed by atoms with E-state index in [9.17, 15) is 9.59 Å². The molecule has 2 atom stereocenters. The molecule has 1 fully saturated rings. The van der Waals surface area contributed by atoms with E-state index in [2.05, 4.69) is 0 Å². The van der Waals surface area contributed by atoms with E-state index in [-0.39, 0.29) is 18.1 Å².